The molecule has 0 radical (unpaired) electrons. The quantitative estimate of drug-likeness (QED) is 0.355. The molecule has 12 nitrogen and oxygen atoms in total. The zero-order valence-corrected chi connectivity index (χ0v) is 10.6. The van der Waals surface area contributed by atoms with E-state index >= 15 is 0 Å². The van der Waals surface area contributed by atoms with Crippen LogP contribution in [-0.4, -0.2) is 35.8 Å². The molecule has 114 valence electrons. The fraction of sp³-hybridized carbons (Fsp3) is 0. The molecule has 0 aliphatic heterocycles. The predicted molar refractivity (Wildman–Crippen MR) is 30.0 cm³/mol. The summed E-state index contributed by atoms with van der Waals surface area (Å²) in [4.78, 5) is 53.6. The molecule has 0 saturated carbocycles. The van der Waals surface area contributed by atoms with Gasteiger partial charge in [0, 0.05) is 0 Å². The van der Waals surface area contributed by atoms with Crippen molar-refractivity contribution >= 4 is 35.8 Å². The molecule has 0 aliphatic carbocycles. The fourth-order valence-electron chi connectivity index (χ4n) is 0. The Labute approximate surface area is 129 Å². The van der Waals surface area contributed by atoms with Gasteiger partial charge < -0.3 is 59.4 Å². The maximum Gasteiger partial charge on any atom is 3.00 e. The molecule has 0 bridgehead atoms. The van der Waals surface area contributed by atoms with E-state index in [4.69, 9.17) is 59.4 Å². The molecule has 0 aromatic heterocycles. The fourth-order valence-corrected chi connectivity index (χ4v) is 0. The monoisotopic (exact) mass is 382 g/mol. The van der Waals surface area contributed by atoms with E-state index in [2.05, 4.69) is 0 Å². The van der Waals surface area contributed by atoms with Crippen LogP contribution < -0.4 is 30.6 Å². The first-order chi connectivity index (χ1) is 7.93. The van der Waals surface area contributed by atoms with Gasteiger partial charge in [-0.1, -0.05) is 0 Å². The van der Waals surface area contributed by atoms with Gasteiger partial charge in [-0.15, -0.1) is 0 Å². The zero-order chi connectivity index (χ0) is 15.5. The minimum absolute atomic E-state index is 0. The van der Waals surface area contributed by atoms with Crippen LogP contribution in [0.25, 0.3) is 0 Å². The van der Waals surface area contributed by atoms with E-state index in [0.29, 0.717) is 0 Å². The Hall–Kier alpha value is -2.17. The smallest absolute Gasteiger partial charge is 0.543 e. The van der Waals surface area contributed by atoms with Crippen LogP contribution in [0.15, 0.2) is 0 Å². The molecule has 14 heteroatoms. The van der Waals surface area contributed by atoms with Crippen LogP contribution >= 0.6 is 0 Å². The molecular weight excluding hydrogens is 382 g/mol. The van der Waals surface area contributed by atoms with Crippen molar-refractivity contribution < 1.29 is 93.0 Å². The van der Waals surface area contributed by atoms with Crippen molar-refractivity contribution in [3.05, 3.63) is 0 Å². The Morgan fingerprint density at radius 1 is 0.350 bits per heavy atom. The largest absolute Gasteiger partial charge is 3.00 e. The van der Waals surface area contributed by atoms with Crippen LogP contribution in [0, 0.1) is 0 Å². The van der Waals surface area contributed by atoms with E-state index in [1.807, 2.05) is 0 Å². The van der Waals surface area contributed by atoms with Gasteiger partial charge >= 0.3 is 33.6 Å². The van der Waals surface area contributed by atoms with Gasteiger partial charge in [0.2, 0.25) is 0 Å². The molecule has 0 rings (SSSR count). The Morgan fingerprint density at radius 2 is 0.400 bits per heavy atom. The molecule has 0 unspecified atom stereocenters. The normalized spacial score (nSPS) is 6.60. The summed E-state index contributed by atoms with van der Waals surface area (Å²) in [6.07, 6.45) is 0. The number of carboxylic acid groups (broad SMARTS) is 6. The topological polar surface area (TPSA) is 241 Å². The summed E-state index contributed by atoms with van der Waals surface area (Å²) in [7, 11) is 0. The molecular formula is C6Co2O12. The van der Waals surface area contributed by atoms with Gasteiger partial charge in [0.05, 0.1) is 35.8 Å². The number of carbonyl (C=O) groups excluding carboxylic acids is 6. The maximum atomic E-state index is 8.93. The second-order valence-electron chi connectivity index (χ2n) is 1.72. The number of carbonyl (C=O) groups is 6. The van der Waals surface area contributed by atoms with Gasteiger partial charge in [-0.05, 0) is 0 Å². The third-order valence-electron chi connectivity index (χ3n) is 0.500. The molecule has 0 aromatic rings. The van der Waals surface area contributed by atoms with E-state index in [0.717, 1.165) is 0 Å². The van der Waals surface area contributed by atoms with Crippen molar-refractivity contribution in [3.63, 3.8) is 0 Å². The van der Waals surface area contributed by atoms with E-state index in [9.17, 15) is 0 Å². The summed E-state index contributed by atoms with van der Waals surface area (Å²) in [6.45, 7) is 0. The number of hydrogen-bond donors (Lipinski definition) is 0. The summed E-state index contributed by atoms with van der Waals surface area (Å²) in [5, 5.41) is 53.6. The summed E-state index contributed by atoms with van der Waals surface area (Å²) in [6, 6.07) is 0. The first-order valence-electron chi connectivity index (χ1n) is 3.20. The Balaban J connectivity index is -0.0000000536. The van der Waals surface area contributed by atoms with E-state index < -0.39 is 35.8 Å². The summed E-state index contributed by atoms with van der Waals surface area (Å²) in [5.74, 6) is -13.1. The van der Waals surface area contributed by atoms with Crippen LogP contribution in [0.1, 0.15) is 0 Å². The molecule has 0 aliphatic rings. The molecule has 0 spiro atoms. The van der Waals surface area contributed by atoms with Gasteiger partial charge in [0.15, 0.2) is 0 Å². The number of carboxylic acids is 6. The third kappa shape index (κ3) is 36.0. The second kappa shape index (κ2) is 16.8. The average Bonchev–Trinajstić information content (AvgIpc) is 2.18. The number of hydrogen-bond acceptors (Lipinski definition) is 12. The Bertz CT molecular complexity index is 281. The third-order valence-corrected chi connectivity index (χ3v) is 0.500. The summed E-state index contributed by atoms with van der Waals surface area (Å²) >= 11 is 0. The van der Waals surface area contributed by atoms with Crippen molar-refractivity contribution in [1.82, 2.24) is 0 Å². The SMILES string of the molecule is O=C([O-])C(=O)[O-].O=C([O-])C(=O)[O-].O=C([O-])C(=O)[O-].[Co+3].[Co+3]. The second-order valence-corrected chi connectivity index (χ2v) is 1.72. The van der Waals surface area contributed by atoms with E-state index in [1.165, 1.54) is 0 Å². The van der Waals surface area contributed by atoms with E-state index in [1.54, 1.807) is 0 Å². The molecule has 0 amide bonds. The van der Waals surface area contributed by atoms with Gasteiger partial charge in [-0.3, -0.25) is 0 Å². The minimum atomic E-state index is -2.19. The van der Waals surface area contributed by atoms with Crippen LogP contribution in [0.5, 0.6) is 0 Å². The maximum absolute atomic E-state index is 8.93. The number of aliphatic carboxylic acids is 6. The standard InChI is InChI=1S/3C2H2O4.2Co/c3*3-1(4)2(5)6;;/h3*(H,3,4)(H,5,6);;/q;;;2*+3/p-6. The average molecular weight is 382 g/mol. The van der Waals surface area contributed by atoms with Crippen LogP contribution in [0.2, 0.25) is 0 Å². The molecule has 0 N–H and O–H groups in total. The summed E-state index contributed by atoms with van der Waals surface area (Å²) < 4.78 is 0. The summed E-state index contributed by atoms with van der Waals surface area (Å²) in [5.41, 5.74) is 0. The van der Waals surface area contributed by atoms with Crippen molar-refractivity contribution in [2.75, 3.05) is 0 Å². The molecule has 0 aromatic carbocycles. The minimum Gasteiger partial charge on any atom is -0.543 e. The molecule has 0 saturated heterocycles. The first-order valence-corrected chi connectivity index (χ1v) is 3.20. The molecule has 0 heterocycles. The van der Waals surface area contributed by atoms with Gasteiger partial charge in [-0.2, -0.15) is 0 Å². The van der Waals surface area contributed by atoms with Crippen LogP contribution in [0.4, 0.5) is 0 Å². The van der Waals surface area contributed by atoms with Gasteiger partial charge in [0.1, 0.15) is 0 Å². The Kier molecular flexibility index (Phi) is 25.8. The Morgan fingerprint density at radius 3 is 0.400 bits per heavy atom. The van der Waals surface area contributed by atoms with Crippen molar-refractivity contribution in [3.8, 4) is 0 Å². The van der Waals surface area contributed by atoms with Crippen LogP contribution in [0.3, 0.4) is 0 Å². The number of rotatable bonds is 0. The van der Waals surface area contributed by atoms with Crippen molar-refractivity contribution in [2.24, 2.45) is 0 Å². The van der Waals surface area contributed by atoms with Crippen LogP contribution in [-0.2, 0) is 62.3 Å². The molecule has 0 atom stereocenters. The first kappa shape index (κ1) is 30.7. The molecule has 20 heavy (non-hydrogen) atoms. The van der Waals surface area contributed by atoms with Crippen molar-refractivity contribution in [2.45, 2.75) is 0 Å². The predicted octanol–water partition coefficient (Wildman–Crippen LogP) is -10.5. The molecule has 0 fully saturated rings. The van der Waals surface area contributed by atoms with Crippen molar-refractivity contribution in [1.29, 1.82) is 0 Å². The van der Waals surface area contributed by atoms with Gasteiger partial charge in [-0.25, -0.2) is 0 Å². The van der Waals surface area contributed by atoms with Gasteiger partial charge in [0.25, 0.3) is 0 Å². The zero-order valence-electron chi connectivity index (χ0n) is 8.57. The van der Waals surface area contributed by atoms with E-state index in [-0.39, 0.29) is 33.6 Å².